The molecular formula is C15H21NO2. The van der Waals surface area contributed by atoms with Crippen molar-refractivity contribution in [1.29, 1.82) is 0 Å². The first-order valence-electron chi connectivity index (χ1n) is 6.59. The van der Waals surface area contributed by atoms with Gasteiger partial charge in [-0.15, -0.1) is 0 Å². The van der Waals surface area contributed by atoms with Crippen molar-refractivity contribution in [3.8, 4) is 5.75 Å². The molecule has 1 atom stereocenters. The van der Waals surface area contributed by atoms with Crippen molar-refractivity contribution in [3.63, 3.8) is 0 Å². The molecule has 1 fully saturated rings. The van der Waals surface area contributed by atoms with Crippen LogP contribution in [0, 0.1) is 11.3 Å². The molecule has 3 heteroatoms. The second kappa shape index (κ2) is 5.01. The van der Waals surface area contributed by atoms with Gasteiger partial charge in [0, 0.05) is 11.6 Å². The van der Waals surface area contributed by atoms with E-state index in [1.54, 1.807) is 24.3 Å². The SMILES string of the molecule is CC1(C)CCCCC1C(=O)Nc1ccc(O)cc1. The van der Waals surface area contributed by atoms with Crippen LogP contribution < -0.4 is 5.32 Å². The van der Waals surface area contributed by atoms with E-state index in [1.165, 1.54) is 6.42 Å². The summed E-state index contributed by atoms with van der Waals surface area (Å²) >= 11 is 0. The molecule has 0 spiro atoms. The third-order valence-electron chi connectivity index (χ3n) is 3.96. The van der Waals surface area contributed by atoms with Gasteiger partial charge in [-0.2, -0.15) is 0 Å². The summed E-state index contributed by atoms with van der Waals surface area (Å²) in [6.07, 6.45) is 4.44. The van der Waals surface area contributed by atoms with Crippen molar-refractivity contribution >= 4 is 11.6 Å². The van der Waals surface area contributed by atoms with Crippen molar-refractivity contribution in [3.05, 3.63) is 24.3 Å². The first-order chi connectivity index (χ1) is 8.49. The lowest BCUT2D eigenvalue weighted by atomic mass is 9.68. The highest BCUT2D eigenvalue weighted by molar-refractivity contribution is 5.93. The van der Waals surface area contributed by atoms with E-state index in [0.717, 1.165) is 24.9 Å². The third kappa shape index (κ3) is 2.84. The van der Waals surface area contributed by atoms with Crippen LogP contribution >= 0.6 is 0 Å². The molecule has 2 rings (SSSR count). The van der Waals surface area contributed by atoms with Crippen molar-refractivity contribution in [2.24, 2.45) is 11.3 Å². The van der Waals surface area contributed by atoms with Crippen molar-refractivity contribution in [2.45, 2.75) is 39.5 Å². The lowest BCUT2D eigenvalue weighted by Crippen LogP contribution is -2.37. The van der Waals surface area contributed by atoms with Gasteiger partial charge in [0.1, 0.15) is 5.75 Å². The molecule has 1 saturated carbocycles. The van der Waals surface area contributed by atoms with Gasteiger partial charge >= 0.3 is 0 Å². The van der Waals surface area contributed by atoms with Gasteiger partial charge in [-0.05, 0) is 42.5 Å². The van der Waals surface area contributed by atoms with Crippen LogP contribution in [0.1, 0.15) is 39.5 Å². The highest BCUT2D eigenvalue weighted by Gasteiger charge is 2.36. The molecule has 1 aromatic rings. The number of hydrogen-bond donors (Lipinski definition) is 2. The van der Waals surface area contributed by atoms with Gasteiger partial charge in [0.2, 0.25) is 5.91 Å². The number of carbonyl (C=O) groups excluding carboxylic acids is 1. The molecule has 1 amide bonds. The van der Waals surface area contributed by atoms with E-state index in [4.69, 9.17) is 0 Å². The maximum atomic E-state index is 12.3. The summed E-state index contributed by atoms with van der Waals surface area (Å²) in [6, 6.07) is 6.62. The molecule has 0 aromatic heterocycles. The van der Waals surface area contributed by atoms with Gasteiger partial charge in [-0.1, -0.05) is 26.7 Å². The van der Waals surface area contributed by atoms with Gasteiger partial charge in [0.15, 0.2) is 0 Å². The Hall–Kier alpha value is -1.51. The molecule has 98 valence electrons. The summed E-state index contributed by atoms with van der Waals surface area (Å²) in [7, 11) is 0. The summed E-state index contributed by atoms with van der Waals surface area (Å²) < 4.78 is 0. The number of rotatable bonds is 2. The fourth-order valence-electron chi connectivity index (χ4n) is 2.75. The maximum Gasteiger partial charge on any atom is 0.228 e. The molecule has 0 bridgehead atoms. The van der Waals surface area contributed by atoms with Crippen molar-refractivity contribution < 1.29 is 9.90 Å². The monoisotopic (exact) mass is 247 g/mol. The summed E-state index contributed by atoms with van der Waals surface area (Å²) in [5, 5.41) is 12.2. The van der Waals surface area contributed by atoms with E-state index in [1.807, 2.05) is 0 Å². The Morgan fingerprint density at radius 3 is 2.56 bits per heavy atom. The van der Waals surface area contributed by atoms with E-state index in [2.05, 4.69) is 19.2 Å². The zero-order valence-electron chi connectivity index (χ0n) is 11.1. The minimum atomic E-state index is 0.0826. The Balaban J connectivity index is 2.05. The lowest BCUT2D eigenvalue weighted by molar-refractivity contribution is -0.124. The number of amides is 1. The first-order valence-corrected chi connectivity index (χ1v) is 6.59. The highest BCUT2D eigenvalue weighted by atomic mass is 16.3. The maximum absolute atomic E-state index is 12.3. The van der Waals surface area contributed by atoms with Gasteiger partial charge < -0.3 is 10.4 Å². The molecule has 18 heavy (non-hydrogen) atoms. The number of benzene rings is 1. The molecule has 0 radical (unpaired) electrons. The third-order valence-corrected chi connectivity index (χ3v) is 3.96. The Kier molecular flexibility index (Phi) is 3.60. The van der Waals surface area contributed by atoms with Crippen LogP contribution in [0.15, 0.2) is 24.3 Å². The molecule has 1 aliphatic carbocycles. The number of phenols is 1. The zero-order valence-corrected chi connectivity index (χ0v) is 11.1. The summed E-state index contributed by atoms with van der Waals surface area (Å²) in [5.41, 5.74) is 0.832. The van der Waals surface area contributed by atoms with E-state index >= 15 is 0 Å². The number of hydrogen-bond acceptors (Lipinski definition) is 2. The van der Waals surface area contributed by atoms with Crippen molar-refractivity contribution in [2.75, 3.05) is 5.32 Å². The minimum Gasteiger partial charge on any atom is -0.508 e. The predicted octanol–water partition coefficient (Wildman–Crippen LogP) is 3.55. The fraction of sp³-hybridized carbons (Fsp3) is 0.533. The van der Waals surface area contributed by atoms with Crippen molar-refractivity contribution in [1.82, 2.24) is 0 Å². The summed E-state index contributed by atoms with van der Waals surface area (Å²) in [6.45, 7) is 4.35. The van der Waals surface area contributed by atoms with Gasteiger partial charge in [0.05, 0.1) is 0 Å². The Labute approximate surface area is 108 Å². The molecule has 1 aromatic carbocycles. The first kappa shape index (κ1) is 12.9. The van der Waals surface area contributed by atoms with Gasteiger partial charge in [-0.3, -0.25) is 4.79 Å². The number of nitrogens with one attached hydrogen (secondary N) is 1. The zero-order chi connectivity index (χ0) is 13.2. The van der Waals surface area contributed by atoms with E-state index in [0.29, 0.717) is 0 Å². The average molecular weight is 247 g/mol. The second-order valence-corrected chi connectivity index (χ2v) is 5.82. The van der Waals surface area contributed by atoms with E-state index < -0.39 is 0 Å². The van der Waals surface area contributed by atoms with E-state index in [9.17, 15) is 9.90 Å². The van der Waals surface area contributed by atoms with Crippen LogP contribution in [0.3, 0.4) is 0 Å². The topological polar surface area (TPSA) is 49.3 Å². The Bertz CT molecular complexity index is 423. The number of aromatic hydroxyl groups is 1. The summed E-state index contributed by atoms with van der Waals surface area (Å²) in [4.78, 5) is 12.3. The lowest BCUT2D eigenvalue weighted by Gasteiger charge is -2.37. The Morgan fingerprint density at radius 2 is 1.94 bits per heavy atom. The standard InChI is InChI=1S/C15H21NO2/c1-15(2)10-4-3-5-13(15)14(18)16-11-6-8-12(17)9-7-11/h6-9,13,17H,3-5,10H2,1-2H3,(H,16,18). The number of carbonyl (C=O) groups is 1. The molecule has 1 aliphatic rings. The van der Waals surface area contributed by atoms with Crippen LogP contribution in [0.2, 0.25) is 0 Å². The fourth-order valence-corrected chi connectivity index (χ4v) is 2.75. The van der Waals surface area contributed by atoms with Crippen LogP contribution in [-0.2, 0) is 4.79 Å². The molecule has 0 aliphatic heterocycles. The van der Waals surface area contributed by atoms with E-state index in [-0.39, 0.29) is 23.0 Å². The predicted molar refractivity (Wildman–Crippen MR) is 72.5 cm³/mol. The second-order valence-electron chi connectivity index (χ2n) is 5.82. The molecule has 1 unspecified atom stereocenters. The highest BCUT2D eigenvalue weighted by Crippen LogP contribution is 2.41. The average Bonchev–Trinajstić information content (AvgIpc) is 2.31. The Morgan fingerprint density at radius 1 is 1.28 bits per heavy atom. The molecule has 0 saturated heterocycles. The van der Waals surface area contributed by atoms with Crippen LogP contribution in [0.5, 0.6) is 5.75 Å². The molecule has 0 heterocycles. The molecule has 2 N–H and O–H groups in total. The normalized spacial score (nSPS) is 22.4. The largest absolute Gasteiger partial charge is 0.508 e. The molecular weight excluding hydrogens is 226 g/mol. The molecule has 3 nitrogen and oxygen atoms in total. The summed E-state index contributed by atoms with van der Waals surface area (Å²) in [5.74, 6) is 0.399. The van der Waals surface area contributed by atoms with Crippen LogP contribution in [0.25, 0.3) is 0 Å². The van der Waals surface area contributed by atoms with Crippen LogP contribution in [0.4, 0.5) is 5.69 Å². The van der Waals surface area contributed by atoms with Gasteiger partial charge in [-0.25, -0.2) is 0 Å². The smallest absolute Gasteiger partial charge is 0.228 e. The van der Waals surface area contributed by atoms with Gasteiger partial charge in [0.25, 0.3) is 0 Å². The number of phenolic OH excluding ortho intramolecular Hbond substituents is 1. The van der Waals surface area contributed by atoms with Crippen LogP contribution in [-0.4, -0.2) is 11.0 Å². The quantitative estimate of drug-likeness (QED) is 0.785. The number of anilines is 1. The minimum absolute atomic E-state index is 0.0826.